The average molecular weight is 645 g/mol. The van der Waals surface area contributed by atoms with Gasteiger partial charge < -0.3 is 0 Å². The standard InChI is InChI=1S/C20H16Cl3N3O6S2Se/c1-24-15-8-13(22)14(23)9-16(15)25(10-33(27,28)29)19(24)3-2-4-20-26(11-34(30,31)32)17-7-12(21)5-6-18(17)35-20/h2-9H,10-11H2,1H3,(H-,27,28,29,30,31,32)/p+1. The van der Waals surface area contributed by atoms with E-state index in [1.807, 2.05) is 0 Å². The van der Waals surface area contributed by atoms with E-state index in [1.54, 1.807) is 54.4 Å². The average Bonchev–Trinajstić information content (AvgIpc) is 3.16. The van der Waals surface area contributed by atoms with Crippen molar-refractivity contribution in [2.75, 3.05) is 22.7 Å². The quantitative estimate of drug-likeness (QED) is 0.237. The van der Waals surface area contributed by atoms with E-state index in [2.05, 4.69) is 0 Å². The molecule has 0 fully saturated rings. The molecular weight excluding hydrogens is 628 g/mol. The first kappa shape index (κ1) is 26.5. The number of anilines is 2. The van der Waals surface area contributed by atoms with Crippen molar-refractivity contribution in [3.05, 3.63) is 67.9 Å². The summed E-state index contributed by atoms with van der Waals surface area (Å²) in [6.07, 6.45) is 4.91. The third-order valence-electron chi connectivity index (χ3n) is 5.05. The van der Waals surface area contributed by atoms with Crippen molar-refractivity contribution in [2.45, 2.75) is 5.88 Å². The van der Waals surface area contributed by atoms with Crippen LogP contribution in [0.5, 0.6) is 0 Å². The van der Waals surface area contributed by atoms with Gasteiger partial charge in [0.25, 0.3) is 0 Å². The Labute approximate surface area is 222 Å². The number of fused-ring (bicyclic) bond motifs is 2. The molecule has 2 N–H and O–H groups in total. The Kier molecular flexibility index (Phi) is 7.33. The van der Waals surface area contributed by atoms with E-state index in [9.17, 15) is 25.9 Å². The van der Waals surface area contributed by atoms with E-state index >= 15 is 0 Å². The molecule has 2 aromatic carbocycles. The molecule has 0 amide bonds. The molecule has 1 aromatic heterocycles. The van der Waals surface area contributed by atoms with Gasteiger partial charge in [-0.1, -0.05) is 0 Å². The molecule has 2 heterocycles. The van der Waals surface area contributed by atoms with Crippen LogP contribution >= 0.6 is 34.8 Å². The van der Waals surface area contributed by atoms with Gasteiger partial charge in [-0.05, 0) is 0 Å². The normalized spacial score (nSPS) is 15.7. The molecule has 0 radical (unpaired) electrons. The van der Waals surface area contributed by atoms with Crippen LogP contribution in [0.2, 0.25) is 15.1 Å². The second kappa shape index (κ2) is 9.70. The van der Waals surface area contributed by atoms with Gasteiger partial charge >= 0.3 is 224 Å². The first-order chi connectivity index (χ1) is 16.2. The van der Waals surface area contributed by atoms with Crippen LogP contribution < -0.4 is 14.4 Å². The second-order valence-corrected chi connectivity index (χ2v) is 13.9. The molecule has 1 aliphatic heterocycles. The Hall–Kier alpha value is -1.60. The fourth-order valence-corrected chi connectivity index (χ4v) is 7.73. The van der Waals surface area contributed by atoms with Crippen molar-refractivity contribution >= 4 is 96.8 Å². The van der Waals surface area contributed by atoms with Crippen LogP contribution in [0, 0.1) is 0 Å². The first-order valence-electron chi connectivity index (χ1n) is 9.64. The molecule has 15 heteroatoms. The predicted molar refractivity (Wildman–Crippen MR) is 139 cm³/mol. The van der Waals surface area contributed by atoms with E-state index in [0.717, 1.165) is 4.26 Å². The molecule has 0 saturated heterocycles. The van der Waals surface area contributed by atoms with Crippen LogP contribution in [0.4, 0.5) is 11.4 Å². The molecule has 0 bridgehead atoms. The number of aromatic nitrogens is 1. The summed E-state index contributed by atoms with van der Waals surface area (Å²) < 4.78 is 68.6. The van der Waals surface area contributed by atoms with Crippen molar-refractivity contribution in [3.8, 4) is 0 Å². The molecule has 186 valence electrons. The van der Waals surface area contributed by atoms with Crippen molar-refractivity contribution < 1.29 is 30.5 Å². The summed E-state index contributed by atoms with van der Waals surface area (Å²) in [7, 11) is -7.03. The van der Waals surface area contributed by atoms with E-state index in [-0.39, 0.29) is 24.5 Å². The summed E-state index contributed by atoms with van der Waals surface area (Å²) in [5, 5.41) is 0.926. The van der Waals surface area contributed by atoms with Crippen molar-refractivity contribution in [2.24, 2.45) is 0 Å². The second-order valence-electron chi connectivity index (χ2n) is 7.53. The van der Waals surface area contributed by atoms with E-state index in [0.29, 0.717) is 32.3 Å². The van der Waals surface area contributed by atoms with Crippen LogP contribution in [0.1, 0.15) is 4.57 Å². The van der Waals surface area contributed by atoms with E-state index in [4.69, 9.17) is 34.8 Å². The number of hydrogen-bond acceptors (Lipinski definition) is 6. The summed E-state index contributed by atoms with van der Waals surface area (Å²) in [6.45, 7) is 0. The van der Waals surface area contributed by atoms with Gasteiger partial charge in [0.1, 0.15) is 0 Å². The molecule has 1 aliphatic rings. The van der Waals surface area contributed by atoms with Gasteiger partial charge in [-0.15, -0.1) is 0 Å². The Balaban J connectivity index is 1.79. The van der Waals surface area contributed by atoms with Crippen molar-refractivity contribution in [1.82, 2.24) is 0 Å². The summed E-state index contributed by atoms with van der Waals surface area (Å²) in [5.41, 5.74) is 1.60. The number of nitrogens with zero attached hydrogens (tertiary/aromatic N) is 3. The molecule has 0 aliphatic carbocycles. The third-order valence-corrected chi connectivity index (χ3v) is 9.55. The Bertz CT molecular complexity index is 1620. The number of halogens is 3. The molecule has 0 unspecified atom stereocenters. The summed E-state index contributed by atoms with van der Waals surface area (Å²) in [5.74, 6) is -0.961. The molecule has 9 nitrogen and oxygen atoms in total. The third kappa shape index (κ3) is 5.87. The minimum absolute atomic E-state index is 0.220. The number of benzene rings is 2. The minimum atomic E-state index is -4.40. The number of hydrogen-bond donors (Lipinski definition) is 2. The van der Waals surface area contributed by atoms with Gasteiger partial charge in [-0.3, -0.25) is 0 Å². The van der Waals surface area contributed by atoms with Crippen LogP contribution in [0.25, 0.3) is 15.9 Å². The number of rotatable bonds is 6. The van der Waals surface area contributed by atoms with Crippen LogP contribution in [0.15, 0.2) is 48.3 Å². The molecule has 35 heavy (non-hydrogen) atoms. The van der Waals surface area contributed by atoms with Gasteiger partial charge in [0.05, 0.1) is 0 Å². The van der Waals surface area contributed by atoms with Crippen LogP contribution in [0.3, 0.4) is 0 Å². The maximum absolute atomic E-state index is 11.7. The zero-order valence-electron chi connectivity index (χ0n) is 17.8. The molecule has 0 spiro atoms. The molecule has 0 atom stereocenters. The van der Waals surface area contributed by atoms with Gasteiger partial charge in [0.2, 0.25) is 0 Å². The SMILES string of the molecule is CN1/C(=C\C=C\c2[se]c3ccc(Cl)cc3[n+]2CS(=O)(=O)O)N(CS(=O)(=O)O)c2cc(Cl)c(Cl)cc21. The molecular formula is C20H17Cl3N3O6S2Se+. The number of allylic oxidation sites excluding steroid dienone is 2. The summed E-state index contributed by atoms with van der Waals surface area (Å²) >= 11 is 18.1. The van der Waals surface area contributed by atoms with Gasteiger partial charge in [0.15, 0.2) is 0 Å². The Morgan fingerprint density at radius 1 is 1.00 bits per heavy atom. The molecule has 4 rings (SSSR count). The zero-order valence-corrected chi connectivity index (χ0v) is 23.4. The zero-order chi connectivity index (χ0) is 25.7. The summed E-state index contributed by atoms with van der Waals surface area (Å²) in [6, 6.07) is 8.23. The summed E-state index contributed by atoms with van der Waals surface area (Å²) in [4.78, 5) is 3.05. The predicted octanol–water partition coefficient (Wildman–Crippen LogP) is 3.65. The fourth-order valence-electron chi connectivity index (χ4n) is 3.65. The maximum atomic E-state index is 11.7. The first-order valence-corrected chi connectivity index (χ1v) is 15.7. The monoisotopic (exact) mass is 644 g/mol. The van der Waals surface area contributed by atoms with E-state index in [1.165, 1.54) is 15.5 Å². The van der Waals surface area contributed by atoms with Gasteiger partial charge in [-0.2, -0.15) is 0 Å². The Morgan fingerprint density at radius 3 is 2.29 bits per heavy atom. The van der Waals surface area contributed by atoms with Crippen LogP contribution in [-0.2, 0) is 26.1 Å². The van der Waals surface area contributed by atoms with Crippen molar-refractivity contribution in [3.63, 3.8) is 0 Å². The Morgan fingerprint density at radius 2 is 1.66 bits per heavy atom. The van der Waals surface area contributed by atoms with Gasteiger partial charge in [0, 0.05) is 0 Å². The fraction of sp³-hybridized carbons (Fsp3) is 0.150. The van der Waals surface area contributed by atoms with Crippen molar-refractivity contribution in [1.29, 1.82) is 0 Å². The van der Waals surface area contributed by atoms with Crippen LogP contribution in [-0.4, -0.2) is 53.4 Å². The molecule has 3 aromatic rings. The van der Waals surface area contributed by atoms with E-state index < -0.39 is 32.0 Å². The molecule has 0 saturated carbocycles. The van der Waals surface area contributed by atoms with Gasteiger partial charge in [-0.25, -0.2) is 0 Å². The topological polar surface area (TPSA) is 119 Å².